The highest BCUT2D eigenvalue weighted by molar-refractivity contribution is 6.28. The van der Waals surface area contributed by atoms with E-state index < -0.39 is 0 Å². The van der Waals surface area contributed by atoms with Gasteiger partial charge in [-0.15, -0.1) is 0 Å². The lowest BCUT2D eigenvalue weighted by Gasteiger charge is -2.08. The highest BCUT2D eigenvalue weighted by Gasteiger charge is 2.08. The van der Waals surface area contributed by atoms with Gasteiger partial charge >= 0.3 is 0 Å². The number of aromatic nitrogens is 4. The van der Waals surface area contributed by atoms with Crippen LogP contribution in [0.1, 0.15) is 20.3 Å². The van der Waals surface area contributed by atoms with E-state index in [2.05, 4.69) is 39.1 Å². The van der Waals surface area contributed by atoms with Crippen molar-refractivity contribution in [2.45, 2.75) is 20.3 Å². The maximum atomic E-state index is 5.84. The summed E-state index contributed by atoms with van der Waals surface area (Å²) in [6.45, 7) is 5.18. The third-order valence-electron chi connectivity index (χ3n) is 2.32. The molecule has 0 unspecified atom stereocenters. The molecule has 90 valence electrons. The molecule has 1 N–H and O–H groups in total. The van der Waals surface area contributed by atoms with Gasteiger partial charge in [-0.3, -0.25) is 0 Å². The van der Waals surface area contributed by atoms with Crippen molar-refractivity contribution in [1.82, 2.24) is 19.9 Å². The number of nitrogens with one attached hydrogen (secondary N) is 1. The Kier molecular flexibility index (Phi) is 3.68. The minimum absolute atomic E-state index is 0.185. The van der Waals surface area contributed by atoms with Crippen molar-refractivity contribution in [2.75, 3.05) is 11.9 Å². The maximum absolute atomic E-state index is 5.84. The molecule has 2 rings (SSSR count). The third-order valence-corrected chi connectivity index (χ3v) is 2.49. The molecule has 0 spiro atoms. The van der Waals surface area contributed by atoms with Crippen LogP contribution in [0.3, 0.4) is 0 Å². The lowest BCUT2D eigenvalue weighted by atomic mass is 10.1. The summed E-state index contributed by atoms with van der Waals surface area (Å²) in [5.74, 6) is 1.28. The lowest BCUT2D eigenvalue weighted by molar-refractivity contribution is 0.607. The van der Waals surface area contributed by atoms with E-state index in [0.29, 0.717) is 22.9 Å². The highest BCUT2D eigenvalue weighted by Crippen LogP contribution is 2.18. The minimum atomic E-state index is 0.185. The number of hydrogen-bond acceptors (Lipinski definition) is 5. The number of hydrogen-bond donors (Lipinski definition) is 1. The molecular formula is C11H14ClN5. The fourth-order valence-electron chi connectivity index (χ4n) is 1.44. The second-order valence-corrected chi connectivity index (χ2v) is 4.52. The molecule has 0 aromatic carbocycles. The summed E-state index contributed by atoms with van der Waals surface area (Å²) in [6.07, 6.45) is 4.26. The number of halogens is 1. The summed E-state index contributed by atoms with van der Waals surface area (Å²) >= 11 is 5.84. The van der Waals surface area contributed by atoms with Gasteiger partial charge in [0.2, 0.25) is 5.28 Å². The smallest absolute Gasteiger partial charge is 0.226 e. The Morgan fingerprint density at radius 3 is 2.76 bits per heavy atom. The summed E-state index contributed by atoms with van der Waals surface area (Å²) in [5, 5.41) is 3.41. The fourth-order valence-corrected chi connectivity index (χ4v) is 1.60. The van der Waals surface area contributed by atoms with Gasteiger partial charge in [-0.25, -0.2) is 9.97 Å². The van der Waals surface area contributed by atoms with Gasteiger partial charge < -0.3 is 5.32 Å². The predicted octanol–water partition coefficient (Wildman–Crippen LogP) is 2.53. The van der Waals surface area contributed by atoms with E-state index in [9.17, 15) is 0 Å². The molecule has 0 saturated carbocycles. The van der Waals surface area contributed by atoms with Crippen molar-refractivity contribution in [3.8, 4) is 0 Å². The number of fused-ring (bicyclic) bond motifs is 1. The van der Waals surface area contributed by atoms with Crippen molar-refractivity contribution in [3.05, 3.63) is 17.7 Å². The van der Waals surface area contributed by atoms with Crippen molar-refractivity contribution >= 4 is 28.6 Å². The van der Waals surface area contributed by atoms with Crippen molar-refractivity contribution in [2.24, 2.45) is 5.92 Å². The Labute approximate surface area is 105 Å². The third kappa shape index (κ3) is 3.00. The molecule has 0 aliphatic rings. The topological polar surface area (TPSA) is 63.6 Å². The molecule has 5 nitrogen and oxygen atoms in total. The molecule has 2 aromatic heterocycles. The van der Waals surface area contributed by atoms with E-state index >= 15 is 0 Å². The first-order valence-corrected chi connectivity index (χ1v) is 5.92. The van der Waals surface area contributed by atoms with Crippen LogP contribution in [0.25, 0.3) is 11.2 Å². The highest BCUT2D eigenvalue weighted by atomic mass is 35.5. The van der Waals surface area contributed by atoms with Crippen LogP contribution in [0.2, 0.25) is 5.28 Å². The molecule has 2 heterocycles. The first kappa shape index (κ1) is 12.0. The zero-order chi connectivity index (χ0) is 12.3. The first-order valence-electron chi connectivity index (χ1n) is 5.55. The molecular weight excluding hydrogens is 238 g/mol. The van der Waals surface area contributed by atoms with Crippen LogP contribution in [-0.2, 0) is 0 Å². The summed E-state index contributed by atoms with van der Waals surface area (Å²) in [4.78, 5) is 16.5. The number of rotatable bonds is 4. The molecule has 0 radical (unpaired) electrons. The van der Waals surface area contributed by atoms with Gasteiger partial charge in [0.25, 0.3) is 0 Å². The largest absolute Gasteiger partial charge is 0.368 e. The van der Waals surface area contributed by atoms with Crippen LogP contribution in [0.15, 0.2) is 12.4 Å². The van der Waals surface area contributed by atoms with Crippen molar-refractivity contribution in [1.29, 1.82) is 0 Å². The van der Waals surface area contributed by atoms with Crippen LogP contribution in [0.5, 0.6) is 0 Å². The molecule has 2 aromatic rings. The van der Waals surface area contributed by atoms with Crippen LogP contribution < -0.4 is 5.32 Å². The molecule has 17 heavy (non-hydrogen) atoms. The van der Waals surface area contributed by atoms with Crippen molar-refractivity contribution in [3.63, 3.8) is 0 Å². The second kappa shape index (κ2) is 5.23. The molecule has 0 atom stereocenters. The summed E-state index contributed by atoms with van der Waals surface area (Å²) in [6, 6.07) is 0. The molecule has 0 fully saturated rings. The van der Waals surface area contributed by atoms with Crippen LogP contribution >= 0.6 is 11.6 Å². The van der Waals surface area contributed by atoms with Gasteiger partial charge in [-0.05, 0) is 23.9 Å². The van der Waals surface area contributed by atoms with Gasteiger partial charge in [0.05, 0.1) is 0 Å². The van der Waals surface area contributed by atoms with Gasteiger partial charge in [-0.1, -0.05) is 13.8 Å². The average molecular weight is 252 g/mol. The monoisotopic (exact) mass is 251 g/mol. The predicted molar refractivity (Wildman–Crippen MR) is 68.1 cm³/mol. The number of nitrogens with zero attached hydrogens (tertiary/aromatic N) is 4. The van der Waals surface area contributed by atoms with E-state index in [4.69, 9.17) is 11.6 Å². The second-order valence-electron chi connectivity index (χ2n) is 4.18. The normalized spacial score (nSPS) is 11.1. The molecule has 0 saturated heterocycles. The number of anilines is 1. The van der Waals surface area contributed by atoms with Crippen LogP contribution in [-0.4, -0.2) is 26.5 Å². The Morgan fingerprint density at radius 2 is 2.00 bits per heavy atom. The lowest BCUT2D eigenvalue weighted by Crippen LogP contribution is -2.08. The first-order chi connectivity index (χ1) is 8.16. The minimum Gasteiger partial charge on any atom is -0.368 e. The quantitative estimate of drug-likeness (QED) is 0.846. The molecule has 0 amide bonds. The van der Waals surface area contributed by atoms with Gasteiger partial charge in [0, 0.05) is 18.9 Å². The van der Waals surface area contributed by atoms with Gasteiger partial charge in [0.15, 0.2) is 17.0 Å². The van der Waals surface area contributed by atoms with E-state index in [0.717, 1.165) is 13.0 Å². The fraction of sp³-hybridized carbons (Fsp3) is 0.455. The average Bonchev–Trinajstić information content (AvgIpc) is 2.28. The van der Waals surface area contributed by atoms with Crippen molar-refractivity contribution < 1.29 is 0 Å². The van der Waals surface area contributed by atoms with Crippen LogP contribution in [0, 0.1) is 5.92 Å². The zero-order valence-corrected chi connectivity index (χ0v) is 10.6. The molecule has 0 aliphatic carbocycles. The Balaban J connectivity index is 2.26. The maximum Gasteiger partial charge on any atom is 0.226 e. The van der Waals surface area contributed by atoms with E-state index in [1.54, 1.807) is 12.4 Å². The van der Waals surface area contributed by atoms with Crippen LogP contribution in [0.4, 0.5) is 5.82 Å². The van der Waals surface area contributed by atoms with E-state index in [-0.39, 0.29) is 5.28 Å². The van der Waals surface area contributed by atoms with Gasteiger partial charge in [0.1, 0.15) is 0 Å². The van der Waals surface area contributed by atoms with E-state index in [1.165, 1.54) is 0 Å². The Morgan fingerprint density at radius 1 is 1.24 bits per heavy atom. The van der Waals surface area contributed by atoms with Gasteiger partial charge in [-0.2, -0.15) is 9.97 Å². The SMILES string of the molecule is CC(C)CCNc1nc(Cl)nc2nccnc12. The molecule has 0 bridgehead atoms. The summed E-state index contributed by atoms with van der Waals surface area (Å²) in [7, 11) is 0. The molecule has 0 aliphatic heterocycles. The van der Waals surface area contributed by atoms with E-state index in [1.807, 2.05) is 0 Å². The standard InChI is InChI=1S/C11H14ClN5/c1-7(2)3-4-14-9-8-10(15-6-5-13-8)17-11(12)16-9/h5-7H,3-4H2,1-2H3,(H,14,15,16,17). The Bertz CT molecular complexity index is 514. The zero-order valence-electron chi connectivity index (χ0n) is 9.81. The Hall–Kier alpha value is -1.49. The summed E-state index contributed by atoms with van der Waals surface area (Å²) in [5.41, 5.74) is 1.17. The molecule has 6 heteroatoms. The summed E-state index contributed by atoms with van der Waals surface area (Å²) < 4.78 is 0.